The molecule has 1 aliphatic rings. The summed E-state index contributed by atoms with van der Waals surface area (Å²) in [6.07, 6.45) is 4.71. The molecule has 1 N–H and O–H groups in total. The SMILES string of the molecule is Fc1ccc(-c2ccc(CC3CCCCN3)o2)cc1. The molecule has 3 heteroatoms. The van der Waals surface area contributed by atoms with Crippen molar-refractivity contribution in [3.05, 3.63) is 48.0 Å². The number of rotatable bonds is 3. The maximum absolute atomic E-state index is 12.9. The van der Waals surface area contributed by atoms with E-state index in [1.165, 1.54) is 31.4 Å². The van der Waals surface area contributed by atoms with Crippen molar-refractivity contribution in [3.8, 4) is 11.3 Å². The van der Waals surface area contributed by atoms with E-state index in [9.17, 15) is 4.39 Å². The van der Waals surface area contributed by atoms with Crippen LogP contribution in [0.2, 0.25) is 0 Å². The van der Waals surface area contributed by atoms with Crippen LogP contribution in [0.5, 0.6) is 0 Å². The van der Waals surface area contributed by atoms with Crippen LogP contribution in [0.25, 0.3) is 11.3 Å². The normalized spacial score (nSPS) is 19.5. The average molecular weight is 259 g/mol. The quantitative estimate of drug-likeness (QED) is 0.907. The second kappa shape index (κ2) is 5.57. The Morgan fingerprint density at radius 3 is 2.68 bits per heavy atom. The highest BCUT2D eigenvalue weighted by molar-refractivity contribution is 5.57. The van der Waals surface area contributed by atoms with Crippen molar-refractivity contribution in [3.63, 3.8) is 0 Å². The van der Waals surface area contributed by atoms with E-state index in [1.807, 2.05) is 12.1 Å². The lowest BCUT2D eigenvalue weighted by atomic mass is 10.0. The topological polar surface area (TPSA) is 25.2 Å². The van der Waals surface area contributed by atoms with Crippen LogP contribution in [0.4, 0.5) is 4.39 Å². The lowest BCUT2D eigenvalue weighted by molar-refractivity contribution is 0.375. The van der Waals surface area contributed by atoms with Crippen molar-refractivity contribution in [2.75, 3.05) is 6.54 Å². The van der Waals surface area contributed by atoms with E-state index in [1.54, 1.807) is 12.1 Å². The fourth-order valence-electron chi connectivity index (χ4n) is 2.60. The molecule has 0 radical (unpaired) electrons. The average Bonchev–Trinajstić information content (AvgIpc) is 2.89. The third kappa shape index (κ3) is 3.04. The van der Waals surface area contributed by atoms with E-state index in [-0.39, 0.29) is 5.82 Å². The van der Waals surface area contributed by atoms with Gasteiger partial charge in [0, 0.05) is 18.0 Å². The van der Waals surface area contributed by atoms with Gasteiger partial charge in [-0.15, -0.1) is 0 Å². The van der Waals surface area contributed by atoms with Gasteiger partial charge in [-0.05, 0) is 55.8 Å². The third-order valence-electron chi connectivity index (χ3n) is 3.65. The van der Waals surface area contributed by atoms with Crippen LogP contribution < -0.4 is 5.32 Å². The lowest BCUT2D eigenvalue weighted by Gasteiger charge is -2.22. The first kappa shape index (κ1) is 12.4. The summed E-state index contributed by atoms with van der Waals surface area (Å²) >= 11 is 0. The molecule has 1 atom stereocenters. The van der Waals surface area contributed by atoms with Gasteiger partial charge in [0.1, 0.15) is 17.3 Å². The molecule has 1 aliphatic heterocycles. The molecule has 2 heterocycles. The Kier molecular flexibility index (Phi) is 3.65. The van der Waals surface area contributed by atoms with Gasteiger partial charge in [0.25, 0.3) is 0 Å². The molecule has 0 bridgehead atoms. The van der Waals surface area contributed by atoms with E-state index in [2.05, 4.69) is 5.32 Å². The molecular weight excluding hydrogens is 241 g/mol. The second-order valence-electron chi connectivity index (χ2n) is 5.12. The van der Waals surface area contributed by atoms with Crippen molar-refractivity contribution in [1.29, 1.82) is 0 Å². The molecule has 0 saturated carbocycles. The monoisotopic (exact) mass is 259 g/mol. The van der Waals surface area contributed by atoms with Gasteiger partial charge in [-0.2, -0.15) is 0 Å². The molecule has 2 nitrogen and oxygen atoms in total. The number of furan rings is 1. The molecule has 100 valence electrons. The fourth-order valence-corrected chi connectivity index (χ4v) is 2.60. The molecule has 1 saturated heterocycles. The van der Waals surface area contributed by atoms with Crippen LogP contribution in [0.15, 0.2) is 40.8 Å². The number of halogens is 1. The zero-order valence-corrected chi connectivity index (χ0v) is 10.9. The molecule has 0 amide bonds. The van der Waals surface area contributed by atoms with E-state index < -0.39 is 0 Å². The van der Waals surface area contributed by atoms with Gasteiger partial charge >= 0.3 is 0 Å². The van der Waals surface area contributed by atoms with Crippen molar-refractivity contribution < 1.29 is 8.81 Å². The van der Waals surface area contributed by atoms with Gasteiger partial charge in [0.2, 0.25) is 0 Å². The van der Waals surface area contributed by atoms with E-state index in [0.717, 1.165) is 30.0 Å². The molecule has 1 fully saturated rings. The second-order valence-corrected chi connectivity index (χ2v) is 5.12. The van der Waals surface area contributed by atoms with Gasteiger partial charge in [-0.3, -0.25) is 0 Å². The van der Waals surface area contributed by atoms with E-state index in [4.69, 9.17) is 4.42 Å². The van der Waals surface area contributed by atoms with Crippen molar-refractivity contribution in [1.82, 2.24) is 5.32 Å². The lowest BCUT2D eigenvalue weighted by Crippen LogP contribution is -2.35. The molecular formula is C16H18FNO. The summed E-state index contributed by atoms with van der Waals surface area (Å²) in [4.78, 5) is 0. The number of benzene rings is 1. The van der Waals surface area contributed by atoms with Gasteiger partial charge < -0.3 is 9.73 Å². The minimum Gasteiger partial charge on any atom is -0.461 e. The highest BCUT2D eigenvalue weighted by atomic mass is 19.1. The summed E-state index contributed by atoms with van der Waals surface area (Å²) in [5, 5.41) is 3.51. The van der Waals surface area contributed by atoms with Gasteiger partial charge in [-0.1, -0.05) is 6.42 Å². The van der Waals surface area contributed by atoms with Gasteiger partial charge in [-0.25, -0.2) is 4.39 Å². The maximum atomic E-state index is 12.9. The van der Waals surface area contributed by atoms with Crippen LogP contribution in [-0.2, 0) is 6.42 Å². The highest BCUT2D eigenvalue weighted by Crippen LogP contribution is 2.24. The largest absolute Gasteiger partial charge is 0.461 e. The Morgan fingerprint density at radius 2 is 1.95 bits per heavy atom. The van der Waals surface area contributed by atoms with Crippen molar-refractivity contribution >= 4 is 0 Å². The van der Waals surface area contributed by atoms with Crippen LogP contribution >= 0.6 is 0 Å². The van der Waals surface area contributed by atoms with Gasteiger partial charge in [0.05, 0.1) is 0 Å². The summed E-state index contributed by atoms with van der Waals surface area (Å²) < 4.78 is 18.7. The first-order valence-electron chi connectivity index (χ1n) is 6.89. The summed E-state index contributed by atoms with van der Waals surface area (Å²) in [5.74, 6) is 1.59. The van der Waals surface area contributed by atoms with Crippen molar-refractivity contribution in [2.45, 2.75) is 31.7 Å². The predicted octanol–water partition coefficient (Wildman–Crippen LogP) is 3.77. The number of piperidine rings is 1. The van der Waals surface area contributed by atoms with Crippen LogP contribution in [0.1, 0.15) is 25.0 Å². The van der Waals surface area contributed by atoms with Crippen molar-refractivity contribution in [2.24, 2.45) is 0 Å². The minimum atomic E-state index is -0.220. The molecule has 1 unspecified atom stereocenters. The first-order chi connectivity index (χ1) is 9.31. The molecule has 2 aromatic rings. The Morgan fingerprint density at radius 1 is 1.11 bits per heavy atom. The summed E-state index contributed by atoms with van der Waals surface area (Å²) in [5.41, 5.74) is 0.921. The number of hydrogen-bond donors (Lipinski definition) is 1. The summed E-state index contributed by atoms with van der Waals surface area (Å²) in [6, 6.07) is 10.9. The van der Waals surface area contributed by atoms with Gasteiger partial charge in [0.15, 0.2) is 0 Å². The van der Waals surface area contributed by atoms with Crippen LogP contribution in [0.3, 0.4) is 0 Å². The fraction of sp³-hybridized carbons (Fsp3) is 0.375. The Balaban J connectivity index is 1.70. The maximum Gasteiger partial charge on any atom is 0.134 e. The smallest absolute Gasteiger partial charge is 0.134 e. The first-order valence-corrected chi connectivity index (χ1v) is 6.89. The third-order valence-corrected chi connectivity index (χ3v) is 3.65. The predicted molar refractivity (Wildman–Crippen MR) is 73.4 cm³/mol. The molecule has 0 aliphatic carbocycles. The number of nitrogens with one attached hydrogen (secondary N) is 1. The summed E-state index contributed by atoms with van der Waals surface area (Å²) in [7, 11) is 0. The molecule has 1 aromatic carbocycles. The Labute approximate surface area is 112 Å². The zero-order chi connectivity index (χ0) is 13.1. The van der Waals surface area contributed by atoms with Crippen LogP contribution in [-0.4, -0.2) is 12.6 Å². The highest BCUT2D eigenvalue weighted by Gasteiger charge is 2.15. The van der Waals surface area contributed by atoms with Crippen LogP contribution in [0, 0.1) is 5.82 Å². The Bertz CT molecular complexity index is 526. The van der Waals surface area contributed by atoms with E-state index in [0.29, 0.717) is 6.04 Å². The standard InChI is InChI=1S/C16H18FNO/c17-13-6-4-12(5-7-13)16-9-8-15(19-16)11-14-3-1-2-10-18-14/h4-9,14,18H,1-3,10-11H2. The molecule has 1 aromatic heterocycles. The Hall–Kier alpha value is -1.61. The summed E-state index contributed by atoms with van der Waals surface area (Å²) in [6.45, 7) is 1.11. The molecule has 3 rings (SSSR count). The minimum absolute atomic E-state index is 0.220. The molecule has 19 heavy (non-hydrogen) atoms. The molecule has 0 spiro atoms. The van der Waals surface area contributed by atoms with E-state index >= 15 is 0 Å². The number of hydrogen-bond acceptors (Lipinski definition) is 2. The zero-order valence-electron chi connectivity index (χ0n) is 10.9.